The Bertz CT molecular complexity index is 353. The third kappa shape index (κ3) is 2.80. The summed E-state index contributed by atoms with van der Waals surface area (Å²) in [5, 5.41) is 3.27. The molecule has 0 bridgehead atoms. The van der Waals surface area contributed by atoms with Gasteiger partial charge in [-0.2, -0.15) is 0 Å². The van der Waals surface area contributed by atoms with Crippen molar-refractivity contribution >= 4 is 11.6 Å². The predicted octanol–water partition coefficient (Wildman–Crippen LogP) is 0.406. The van der Waals surface area contributed by atoms with Crippen LogP contribution in [0.15, 0.2) is 6.07 Å². The number of nitrogens with zero attached hydrogens (tertiary/aromatic N) is 2. The van der Waals surface area contributed by atoms with Crippen molar-refractivity contribution in [2.75, 3.05) is 31.4 Å². The summed E-state index contributed by atoms with van der Waals surface area (Å²) in [6, 6.07) is 2.03. The molecule has 88 valence electrons. The summed E-state index contributed by atoms with van der Waals surface area (Å²) in [6.07, 6.45) is 0.990. The van der Waals surface area contributed by atoms with Gasteiger partial charge in [-0.05, 0) is 6.42 Å². The third-order valence-corrected chi connectivity index (χ3v) is 2.35. The average molecular weight is 224 g/mol. The van der Waals surface area contributed by atoms with Crippen LogP contribution in [0.1, 0.15) is 12.2 Å². The van der Waals surface area contributed by atoms with Crippen LogP contribution in [0.25, 0.3) is 0 Å². The number of hydrogen-bond donors (Lipinski definition) is 2. The first kappa shape index (κ1) is 11.1. The zero-order valence-corrected chi connectivity index (χ0v) is 9.27. The number of nitrogen functional groups attached to an aromatic ring is 1. The molecule has 2 rings (SSSR count). The van der Waals surface area contributed by atoms with Crippen LogP contribution >= 0.6 is 0 Å². The van der Waals surface area contributed by atoms with E-state index in [1.54, 1.807) is 13.2 Å². The molecule has 1 fully saturated rings. The fourth-order valence-corrected chi connectivity index (χ4v) is 1.64. The molecule has 6 nitrogen and oxygen atoms in total. The highest BCUT2D eigenvalue weighted by molar-refractivity contribution is 5.45. The van der Waals surface area contributed by atoms with Crippen LogP contribution in [0.3, 0.4) is 0 Å². The molecule has 0 saturated carbocycles. The molecular formula is C10H16N4O2. The number of aromatic nitrogens is 2. The first-order chi connectivity index (χ1) is 7.78. The number of hydrogen-bond acceptors (Lipinski definition) is 6. The number of methoxy groups -OCH3 is 1. The topological polar surface area (TPSA) is 82.3 Å². The molecule has 1 aromatic rings. The summed E-state index contributed by atoms with van der Waals surface area (Å²) in [6.45, 7) is 1.87. The van der Waals surface area contributed by atoms with Crippen molar-refractivity contribution in [1.29, 1.82) is 0 Å². The lowest BCUT2D eigenvalue weighted by Crippen LogP contribution is -2.20. The maximum atomic E-state index is 5.69. The van der Waals surface area contributed by atoms with Gasteiger partial charge < -0.3 is 20.5 Å². The van der Waals surface area contributed by atoms with Crippen molar-refractivity contribution in [3.63, 3.8) is 0 Å². The Balaban J connectivity index is 2.06. The summed E-state index contributed by atoms with van der Waals surface area (Å²) >= 11 is 0. The number of nitrogens with one attached hydrogen (secondary N) is 1. The van der Waals surface area contributed by atoms with E-state index in [1.807, 2.05) is 0 Å². The lowest BCUT2D eigenvalue weighted by atomic mass is 10.2. The number of rotatable bonds is 4. The minimum atomic E-state index is 0.310. The summed E-state index contributed by atoms with van der Waals surface area (Å²) in [7, 11) is 1.60. The highest BCUT2D eigenvalue weighted by Crippen LogP contribution is 2.14. The third-order valence-electron chi connectivity index (χ3n) is 2.35. The highest BCUT2D eigenvalue weighted by Gasteiger charge is 2.16. The second-order valence-electron chi connectivity index (χ2n) is 3.73. The van der Waals surface area contributed by atoms with E-state index >= 15 is 0 Å². The van der Waals surface area contributed by atoms with Crippen molar-refractivity contribution in [1.82, 2.24) is 9.97 Å². The molecule has 2 heterocycles. The first-order valence-electron chi connectivity index (χ1n) is 5.24. The van der Waals surface area contributed by atoms with Gasteiger partial charge in [0.2, 0.25) is 0 Å². The lowest BCUT2D eigenvalue weighted by Gasteiger charge is -2.12. The molecule has 1 atom stereocenters. The minimum Gasteiger partial charge on any atom is -0.384 e. The number of anilines is 2. The standard InChI is InChI=1S/C10H16N4O2/c1-15-6-10-13-8(11)4-9(14-10)12-7-2-3-16-5-7/h4,7H,2-3,5-6H2,1H3,(H3,11,12,13,14). The van der Waals surface area contributed by atoms with Crippen LogP contribution in [-0.2, 0) is 16.1 Å². The Labute approximate surface area is 94.2 Å². The van der Waals surface area contributed by atoms with E-state index in [0.717, 1.165) is 18.8 Å². The monoisotopic (exact) mass is 224 g/mol. The fourth-order valence-electron chi connectivity index (χ4n) is 1.64. The molecule has 0 radical (unpaired) electrons. The molecule has 1 aliphatic heterocycles. The van der Waals surface area contributed by atoms with Crippen molar-refractivity contribution in [2.45, 2.75) is 19.1 Å². The van der Waals surface area contributed by atoms with Gasteiger partial charge in [0, 0.05) is 19.8 Å². The van der Waals surface area contributed by atoms with E-state index in [0.29, 0.717) is 30.9 Å². The van der Waals surface area contributed by atoms with E-state index in [1.165, 1.54) is 0 Å². The van der Waals surface area contributed by atoms with Crippen molar-refractivity contribution in [3.05, 3.63) is 11.9 Å². The molecule has 0 aliphatic carbocycles. The maximum Gasteiger partial charge on any atom is 0.158 e. The average Bonchev–Trinajstić information content (AvgIpc) is 2.70. The summed E-state index contributed by atoms with van der Waals surface area (Å²) in [5.41, 5.74) is 5.69. The molecule has 16 heavy (non-hydrogen) atoms. The maximum absolute atomic E-state index is 5.69. The molecule has 1 aromatic heterocycles. The van der Waals surface area contributed by atoms with Crippen LogP contribution in [0.4, 0.5) is 11.6 Å². The van der Waals surface area contributed by atoms with Gasteiger partial charge in [0.25, 0.3) is 0 Å². The Kier molecular flexibility index (Phi) is 3.53. The van der Waals surface area contributed by atoms with Gasteiger partial charge in [0.1, 0.15) is 18.2 Å². The summed E-state index contributed by atoms with van der Waals surface area (Å²) in [4.78, 5) is 8.37. The van der Waals surface area contributed by atoms with E-state index in [2.05, 4.69) is 15.3 Å². The van der Waals surface area contributed by atoms with Gasteiger partial charge in [-0.15, -0.1) is 0 Å². The molecule has 0 aromatic carbocycles. The lowest BCUT2D eigenvalue weighted by molar-refractivity contribution is 0.178. The molecular weight excluding hydrogens is 208 g/mol. The Morgan fingerprint density at radius 2 is 2.50 bits per heavy atom. The molecule has 1 saturated heterocycles. The van der Waals surface area contributed by atoms with E-state index in [9.17, 15) is 0 Å². The number of ether oxygens (including phenoxy) is 2. The molecule has 1 aliphatic rings. The van der Waals surface area contributed by atoms with E-state index in [-0.39, 0.29) is 0 Å². The normalized spacial score (nSPS) is 19.9. The highest BCUT2D eigenvalue weighted by atomic mass is 16.5. The summed E-state index contributed by atoms with van der Waals surface area (Å²) < 4.78 is 10.3. The zero-order chi connectivity index (χ0) is 11.4. The Hall–Kier alpha value is -1.40. The van der Waals surface area contributed by atoms with Gasteiger partial charge in [-0.3, -0.25) is 0 Å². The number of nitrogens with two attached hydrogens (primary N) is 1. The smallest absolute Gasteiger partial charge is 0.158 e. The largest absolute Gasteiger partial charge is 0.384 e. The first-order valence-corrected chi connectivity index (χ1v) is 5.24. The molecule has 0 amide bonds. The van der Waals surface area contributed by atoms with Gasteiger partial charge in [-0.1, -0.05) is 0 Å². The molecule has 0 spiro atoms. The van der Waals surface area contributed by atoms with Crippen LogP contribution in [0.5, 0.6) is 0 Å². The van der Waals surface area contributed by atoms with Crippen molar-refractivity contribution < 1.29 is 9.47 Å². The van der Waals surface area contributed by atoms with Crippen molar-refractivity contribution in [3.8, 4) is 0 Å². The second kappa shape index (κ2) is 5.09. The van der Waals surface area contributed by atoms with Gasteiger partial charge >= 0.3 is 0 Å². The quantitative estimate of drug-likeness (QED) is 0.770. The molecule has 6 heteroatoms. The second-order valence-corrected chi connectivity index (χ2v) is 3.73. The van der Waals surface area contributed by atoms with Gasteiger partial charge in [0.05, 0.1) is 12.6 Å². The van der Waals surface area contributed by atoms with Crippen molar-refractivity contribution in [2.24, 2.45) is 0 Å². The van der Waals surface area contributed by atoms with Crippen LogP contribution in [-0.4, -0.2) is 36.3 Å². The van der Waals surface area contributed by atoms with Crippen LogP contribution in [0, 0.1) is 0 Å². The fraction of sp³-hybridized carbons (Fsp3) is 0.600. The Morgan fingerprint density at radius 1 is 1.62 bits per heavy atom. The summed E-state index contributed by atoms with van der Waals surface area (Å²) in [5.74, 6) is 1.77. The molecule has 3 N–H and O–H groups in total. The van der Waals surface area contributed by atoms with E-state index in [4.69, 9.17) is 15.2 Å². The Morgan fingerprint density at radius 3 is 3.19 bits per heavy atom. The SMILES string of the molecule is COCc1nc(N)cc(NC2CCOC2)n1. The van der Waals surface area contributed by atoms with Gasteiger partial charge in [-0.25, -0.2) is 9.97 Å². The van der Waals surface area contributed by atoms with Crippen LogP contribution < -0.4 is 11.1 Å². The van der Waals surface area contributed by atoms with E-state index < -0.39 is 0 Å². The minimum absolute atomic E-state index is 0.310. The zero-order valence-electron chi connectivity index (χ0n) is 9.27. The molecule has 1 unspecified atom stereocenters. The van der Waals surface area contributed by atoms with Crippen LogP contribution in [0.2, 0.25) is 0 Å². The predicted molar refractivity (Wildman–Crippen MR) is 60.0 cm³/mol. The van der Waals surface area contributed by atoms with Gasteiger partial charge in [0.15, 0.2) is 5.82 Å².